The Hall–Kier alpha value is -3.10. The number of likely N-dealkylation sites (N-methyl/N-ethyl adjacent to an activating group) is 2. The molecule has 9 heteroatoms. The van der Waals surface area contributed by atoms with Gasteiger partial charge < -0.3 is 19.3 Å². The lowest BCUT2D eigenvalue weighted by atomic mass is 10.2. The van der Waals surface area contributed by atoms with Crippen LogP contribution >= 0.6 is 0 Å². The zero-order valence-corrected chi connectivity index (χ0v) is 17.1. The summed E-state index contributed by atoms with van der Waals surface area (Å²) in [5, 5.41) is 0. The number of nitrogens with zero attached hydrogens (tertiary/aromatic N) is 3. The van der Waals surface area contributed by atoms with Gasteiger partial charge >= 0.3 is 5.97 Å². The Bertz CT molecular complexity index is 762. The third-order valence-corrected chi connectivity index (χ3v) is 4.59. The van der Waals surface area contributed by atoms with Gasteiger partial charge in [0.25, 0.3) is 5.91 Å². The molecule has 0 saturated carbocycles. The van der Waals surface area contributed by atoms with Crippen LogP contribution in [-0.4, -0.2) is 79.9 Å². The number of ether oxygens (including phenoxy) is 2. The van der Waals surface area contributed by atoms with E-state index in [0.29, 0.717) is 24.5 Å². The van der Waals surface area contributed by atoms with Gasteiger partial charge in [-0.3, -0.25) is 24.1 Å². The van der Waals surface area contributed by atoms with E-state index >= 15 is 0 Å². The molecule has 1 aromatic rings. The van der Waals surface area contributed by atoms with Crippen LogP contribution < -0.4 is 9.64 Å². The van der Waals surface area contributed by atoms with E-state index in [0.717, 1.165) is 0 Å². The van der Waals surface area contributed by atoms with Crippen LogP contribution in [0.15, 0.2) is 24.3 Å². The molecule has 158 valence electrons. The molecule has 0 saturated heterocycles. The molecule has 0 radical (unpaired) electrons. The van der Waals surface area contributed by atoms with Gasteiger partial charge in [0, 0.05) is 20.1 Å². The van der Waals surface area contributed by atoms with Crippen molar-refractivity contribution in [3.05, 3.63) is 24.3 Å². The van der Waals surface area contributed by atoms with Crippen molar-refractivity contribution in [1.29, 1.82) is 0 Å². The Morgan fingerprint density at radius 3 is 2.52 bits per heavy atom. The van der Waals surface area contributed by atoms with Crippen molar-refractivity contribution in [1.82, 2.24) is 9.80 Å². The molecule has 0 unspecified atom stereocenters. The highest BCUT2D eigenvalue weighted by atomic mass is 16.5. The van der Waals surface area contributed by atoms with Crippen LogP contribution in [-0.2, 0) is 23.9 Å². The van der Waals surface area contributed by atoms with Gasteiger partial charge in [-0.15, -0.1) is 0 Å². The second kappa shape index (κ2) is 10.4. The fourth-order valence-electron chi connectivity index (χ4n) is 2.89. The fraction of sp³-hybridized carbons (Fsp3) is 0.500. The van der Waals surface area contributed by atoms with E-state index in [1.165, 1.54) is 16.8 Å². The van der Waals surface area contributed by atoms with E-state index in [1.807, 2.05) is 13.8 Å². The number of rotatable bonds is 8. The predicted molar refractivity (Wildman–Crippen MR) is 105 cm³/mol. The highest BCUT2D eigenvalue weighted by Gasteiger charge is 2.26. The Labute approximate surface area is 170 Å². The monoisotopic (exact) mass is 405 g/mol. The highest BCUT2D eigenvalue weighted by Crippen LogP contribution is 2.30. The third kappa shape index (κ3) is 5.94. The number of carbonyl (C=O) groups is 4. The standard InChI is InChI=1S/C20H27N3O6/c1-4-22(5-2)18(25)12-21(3)19(26)14-29-20(27)13-23-15-8-6-7-9-16(15)28-11-10-17(23)24/h6-9H,4-5,10-14H2,1-3H3. The molecule has 0 N–H and O–H groups in total. The Morgan fingerprint density at radius 1 is 1.14 bits per heavy atom. The molecule has 9 nitrogen and oxygen atoms in total. The lowest BCUT2D eigenvalue weighted by molar-refractivity contribution is -0.151. The number of fused-ring (bicyclic) bond motifs is 1. The summed E-state index contributed by atoms with van der Waals surface area (Å²) >= 11 is 0. The van der Waals surface area contributed by atoms with Gasteiger partial charge in [-0.2, -0.15) is 0 Å². The summed E-state index contributed by atoms with van der Waals surface area (Å²) in [4.78, 5) is 52.9. The van der Waals surface area contributed by atoms with E-state index in [1.54, 1.807) is 29.2 Å². The summed E-state index contributed by atoms with van der Waals surface area (Å²) in [6, 6.07) is 6.92. The van der Waals surface area contributed by atoms with Gasteiger partial charge in [-0.05, 0) is 26.0 Å². The molecule has 0 aliphatic carbocycles. The average molecular weight is 405 g/mol. The first-order chi connectivity index (χ1) is 13.9. The summed E-state index contributed by atoms with van der Waals surface area (Å²) in [5.74, 6) is -1.14. The normalized spacial score (nSPS) is 13.1. The number of hydrogen-bond donors (Lipinski definition) is 0. The SMILES string of the molecule is CCN(CC)C(=O)CN(C)C(=O)COC(=O)CN1C(=O)CCOc2ccccc21. The molecule has 1 aliphatic heterocycles. The second-order valence-electron chi connectivity index (χ2n) is 6.52. The second-order valence-corrected chi connectivity index (χ2v) is 6.52. The quantitative estimate of drug-likeness (QED) is 0.590. The van der Waals surface area contributed by atoms with E-state index in [-0.39, 0.29) is 37.9 Å². The molecule has 29 heavy (non-hydrogen) atoms. The number of para-hydroxylation sites is 2. The summed E-state index contributed by atoms with van der Waals surface area (Å²) in [6.07, 6.45) is 0.136. The summed E-state index contributed by atoms with van der Waals surface area (Å²) in [5.41, 5.74) is 0.486. The predicted octanol–water partition coefficient (Wildman–Crippen LogP) is 0.672. The van der Waals surface area contributed by atoms with E-state index in [2.05, 4.69) is 0 Å². The van der Waals surface area contributed by atoms with Crippen LogP contribution in [0.5, 0.6) is 5.75 Å². The van der Waals surface area contributed by atoms with E-state index < -0.39 is 18.5 Å². The maximum absolute atomic E-state index is 12.3. The minimum absolute atomic E-state index is 0.0899. The van der Waals surface area contributed by atoms with Crippen molar-refractivity contribution in [2.75, 3.05) is 51.3 Å². The molecule has 0 spiro atoms. The van der Waals surface area contributed by atoms with Crippen LogP contribution in [0.2, 0.25) is 0 Å². The third-order valence-electron chi connectivity index (χ3n) is 4.59. The minimum Gasteiger partial charge on any atom is -0.491 e. The molecule has 0 bridgehead atoms. The number of amides is 3. The summed E-state index contributed by atoms with van der Waals surface area (Å²) in [6.45, 7) is 4.15. The molecule has 0 atom stereocenters. The van der Waals surface area contributed by atoms with Gasteiger partial charge in [0.1, 0.15) is 12.3 Å². The summed E-state index contributed by atoms with van der Waals surface area (Å²) < 4.78 is 10.6. The Kier molecular flexibility index (Phi) is 7.99. The number of esters is 1. The van der Waals surface area contributed by atoms with Gasteiger partial charge in [0.2, 0.25) is 11.8 Å². The molecule has 2 rings (SSSR count). The van der Waals surface area contributed by atoms with Crippen molar-refractivity contribution in [2.24, 2.45) is 0 Å². The minimum atomic E-state index is -0.716. The van der Waals surface area contributed by atoms with Gasteiger partial charge in [0.05, 0.1) is 25.3 Å². The smallest absolute Gasteiger partial charge is 0.326 e. The molecule has 1 aliphatic rings. The number of anilines is 1. The molecular weight excluding hydrogens is 378 g/mol. The molecule has 0 fully saturated rings. The van der Waals surface area contributed by atoms with E-state index in [9.17, 15) is 19.2 Å². The molecule has 1 heterocycles. The van der Waals surface area contributed by atoms with Gasteiger partial charge in [0.15, 0.2) is 6.61 Å². The zero-order chi connectivity index (χ0) is 21.4. The first kappa shape index (κ1) is 22.2. The van der Waals surface area contributed by atoms with Crippen molar-refractivity contribution < 1.29 is 28.7 Å². The van der Waals surface area contributed by atoms with Gasteiger partial charge in [-0.1, -0.05) is 12.1 Å². The lowest BCUT2D eigenvalue weighted by Crippen LogP contribution is -2.42. The topological polar surface area (TPSA) is 96.5 Å². The Balaban J connectivity index is 1.90. The lowest BCUT2D eigenvalue weighted by Gasteiger charge is -2.23. The van der Waals surface area contributed by atoms with Crippen molar-refractivity contribution >= 4 is 29.4 Å². The first-order valence-electron chi connectivity index (χ1n) is 9.56. The number of carbonyl (C=O) groups excluding carboxylic acids is 4. The van der Waals surface area contributed by atoms with Crippen LogP contribution in [0, 0.1) is 0 Å². The average Bonchev–Trinajstić information content (AvgIpc) is 2.86. The van der Waals surface area contributed by atoms with Crippen LogP contribution in [0.3, 0.4) is 0 Å². The summed E-state index contributed by atoms with van der Waals surface area (Å²) in [7, 11) is 1.48. The largest absolute Gasteiger partial charge is 0.491 e. The molecule has 0 aromatic heterocycles. The molecular formula is C20H27N3O6. The van der Waals surface area contributed by atoms with Crippen molar-refractivity contribution in [2.45, 2.75) is 20.3 Å². The van der Waals surface area contributed by atoms with Crippen LogP contribution in [0.1, 0.15) is 20.3 Å². The number of hydrogen-bond acceptors (Lipinski definition) is 6. The van der Waals surface area contributed by atoms with Crippen LogP contribution in [0.25, 0.3) is 0 Å². The van der Waals surface area contributed by atoms with Gasteiger partial charge in [-0.25, -0.2) is 0 Å². The fourth-order valence-corrected chi connectivity index (χ4v) is 2.89. The number of benzene rings is 1. The maximum atomic E-state index is 12.3. The van der Waals surface area contributed by atoms with Crippen molar-refractivity contribution in [3.8, 4) is 5.75 Å². The molecule has 1 aromatic carbocycles. The molecule has 3 amide bonds. The zero-order valence-electron chi connectivity index (χ0n) is 17.1. The highest BCUT2D eigenvalue weighted by molar-refractivity contribution is 5.99. The Morgan fingerprint density at radius 2 is 1.83 bits per heavy atom. The maximum Gasteiger partial charge on any atom is 0.326 e. The van der Waals surface area contributed by atoms with E-state index in [4.69, 9.17) is 9.47 Å². The van der Waals surface area contributed by atoms with Crippen molar-refractivity contribution in [3.63, 3.8) is 0 Å². The first-order valence-corrected chi connectivity index (χ1v) is 9.56. The van der Waals surface area contributed by atoms with Crippen LogP contribution in [0.4, 0.5) is 5.69 Å².